The Morgan fingerprint density at radius 1 is 1.13 bits per heavy atom. The molecular weight excluding hydrogens is 490 g/mol. The normalized spacial score (nSPS) is 22.4. The van der Waals surface area contributed by atoms with Crippen LogP contribution in [0, 0.1) is 17.8 Å². The lowest BCUT2D eigenvalue weighted by molar-refractivity contribution is -0.138. The van der Waals surface area contributed by atoms with Gasteiger partial charge in [-0.2, -0.15) is 0 Å². The fourth-order valence-corrected chi connectivity index (χ4v) is 7.61. The Bertz CT molecular complexity index is 994. The van der Waals surface area contributed by atoms with Gasteiger partial charge in [-0.1, -0.05) is 59.8 Å². The summed E-state index contributed by atoms with van der Waals surface area (Å²) in [5.41, 5.74) is 3.21. The molecule has 3 aliphatic rings. The summed E-state index contributed by atoms with van der Waals surface area (Å²) in [7, 11) is 0. The summed E-state index contributed by atoms with van der Waals surface area (Å²) in [6.45, 7) is 16.6. The lowest BCUT2D eigenvalue weighted by Gasteiger charge is -2.35. The number of fused-ring (bicyclic) bond motifs is 2. The van der Waals surface area contributed by atoms with Gasteiger partial charge < -0.3 is 14.4 Å². The number of carbonyl (C=O) groups excluding carboxylic acids is 1. The van der Waals surface area contributed by atoms with Gasteiger partial charge >= 0.3 is 5.97 Å². The van der Waals surface area contributed by atoms with E-state index in [9.17, 15) is 4.79 Å². The number of benzene rings is 1. The van der Waals surface area contributed by atoms with Crippen molar-refractivity contribution < 1.29 is 14.3 Å². The van der Waals surface area contributed by atoms with Crippen molar-refractivity contribution in [2.75, 3.05) is 25.4 Å². The van der Waals surface area contributed by atoms with Gasteiger partial charge in [0.25, 0.3) is 0 Å². The third-order valence-corrected chi connectivity index (χ3v) is 10.4. The maximum atomic E-state index is 13.4. The first-order valence-corrected chi connectivity index (χ1v) is 16.4. The fourth-order valence-electron chi connectivity index (χ4n) is 6.17. The van der Waals surface area contributed by atoms with Crippen molar-refractivity contribution >= 4 is 23.3 Å². The van der Waals surface area contributed by atoms with Crippen molar-refractivity contribution in [2.24, 2.45) is 17.8 Å². The zero-order valence-corrected chi connectivity index (χ0v) is 25.7. The minimum absolute atomic E-state index is 0.112. The van der Waals surface area contributed by atoms with E-state index >= 15 is 0 Å². The molecule has 0 bridgehead atoms. The minimum Gasteiger partial charge on any atom is -0.482 e. The summed E-state index contributed by atoms with van der Waals surface area (Å²) in [5.74, 6) is 3.52. The van der Waals surface area contributed by atoms with E-state index in [1.54, 1.807) is 0 Å². The molecule has 1 aromatic carbocycles. The van der Waals surface area contributed by atoms with Gasteiger partial charge in [0.05, 0.1) is 11.5 Å². The van der Waals surface area contributed by atoms with Crippen LogP contribution in [0.2, 0.25) is 0 Å². The van der Waals surface area contributed by atoms with Gasteiger partial charge in [-0.25, -0.2) is 0 Å². The highest BCUT2D eigenvalue weighted by Crippen LogP contribution is 2.56. The van der Waals surface area contributed by atoms with Gasteiger partial charge in [-0.05, 0) is 101 Å². The largest absolute Gasteiger partial charge is 0.482 e. The zero-order chi connectivity index (χ0) is 27.3. The van der Waals surface area contributed by atoms with Crippen molar-refractivity contribution in [3.8, 4) is 11.5 Å². The standard InChI is InChI=1S/C33H51NO3S/c1-7-8-10-13-23(2)14-15-26-20-27(36-32(35)24(3)16-19-34-17-11-9-12-18-34)30-28(21-26)37-33(5,6)31-29(30)25(4)22-38-31/h20-21,23-25H,7-19,22H2,1-6H3. The van der Waals surface area contributed by atoms with Gasteiger partial charge in [0.2, 0.25) is 0 Å². The molecule has 1 fully saturated rings. The molecule has 0 radical (unpaired) electrons. The number of hydrogen-bond donors (Lipinski definition) is 0. The van der Waals surface area contributed by atoms with Gasteiger partial charge in [0.15, 0.2) is 0 Å². The summed E-state index contributed by atoms with van der Waals surface area (Å²) in [5, 5.41) is 0. The first-order chi connectivity index (χ1) is 18.2. The maximum absolute atomic E-state index is 13.4. The van der Waals surface area contributed by atoms with Gasteiger partial charge in [-0.3, -0.25) is 4.79 Å². The van der Waals surface area contributed by atoms with Gasteiger partial charge in [0, 0.05) is 10.7 Å². The van der Waals surface area contributed by atoms with Crippen LogP contribution in [0.1, 0.15) is 110 Å². The molecule has 3 atom stereocenters. The second-order valence-electron chi connectivity index (χ2n) is 12.7. The maximum Gasteiger partial charge on any atom is 0.314 e. The number of unbranched alkanes of at least 4 members (excludes halogenated alkanes) is 2. The molecule has 4 rings (SSSR count). The van der Waals surface area contributed by atoms with E-state index in [4.69, 9.17) is 9.47 Å². The van der Waals surface area contributed by atoms with E-state index in [1.165, 1.54) is 61.0 Å². The highest BCUT2D eigenvalue weighted by atomic mass is 32.2. The lowest BCUT2D eigenvalue weighted by Crippen LogP contribution is -2.34. The molecule has 0 amide bonds. The van der Waals surface area contributed by atoms with Crippen LogP contribution in [0.3, 0.4) is 0 Å². The molecule has 3 aliphatic heterocycles. The number of ether oxygens (including phenoxy) is 2. The summed E-state index contributed by atoms with van der Waals surface area (Å²) in [6.07, 6.45) is 12.0. The predicted octanol–water partition coefficient (Wildman–Crippen LogP) is 8.52. The molecule has 0 spiro atoms. The lowest BCUT2D eigenvalue weighted by atomic mass is 9.86. The monoisotopic (exact) mass is 541 g/mol. The molecule has 1 saturated heterocycles. The Labute approximate surface area is 236 Å². The SMILES string of the molecule is CCCCCC(C)CCc1cc(OC(=O)C(C)CCN2CCCCC2)c2c(c1)OC(C)(C)C1=C2C(C)CS1. The molecule has 5 heteroatoms. The van der Waals surface area contributed by atoms with E-state index in [0.29, 0.717) is 17.6 Å². The Balaban J connectivity index is 1.54. The third kappa shape index (κ3) is 7.18. The molecule has 0 saturated carbocycles. The van der Waals surface area contributed by atoms with Crippen LogP contribution in [-0.4, -0.2) is 41.9 Å². The van der Waals surface area contributed by atoms with Crippen molar-refractivity contribution in [1.29, 1.82) is 0 Å². The Morgan fingerprint density at radius 2 is 1.89 bits per heavy atom. The first kappa shape index (κ1) is 29.5. The zero-order valence-electron chi connectivity index (χ0n) is 24.9. The van der Waals surface area contributed by atoms with Crippen LogP contribution < -0.4 is 9.47 Å². The minimum atomic E-state index is -0.354. The number of aryl methyl sites for hydroxylation is 1. The second kappa shape index (κ2) is 13.3. The number of hydrogen-bond acceptors (Lipinski definition) is 5. The highest BCUT2D eigenvalue weighted by molar-refractivity contribution is 8.03. The number of likely N-dealkylation sites (tertiary alicyclic amines) is 1. The van der Waals surface area contributed by atoms with Crippen molar-refractivity contribution in [3.63, 3.8) is 0 Å². The average molecular weight is 542 g/mol. The van der Waals surface area contributed by atoms with Crippen LogP contribution in [0.25, 0.3) is 5.57 Å². The van der Waals surface area contributed by atoms with Gasteiger partial charge in [0.1, 0.15) is 17.1 Å². The smallest absolute Gasteiger partial charge is 0.314 e. The summed E-state index contributed by atoms with van der Waals surface area (Å²) in [4.78, 5) is 17.2. The average Bonchev–Trinajstić information content (AvgIpc) is 3.28. The van der Waals surface area contributed by atoms with E-state index < -0.39 is 0 Å². The number of piperidine rings is 1. The van der Waals surface area contributed by atoms with E-state index in [1.807, 2.05) is 18.7 Å². The second-order valence-corrected chi connectivity index (χ2v) is 13.7. The summed E-state index contributed by atoms with van der Waals surface area (Å²) < 4.78 is 12.9. The van der Waals surface area contributed by atoms with E-state index in [-0.39, 0.29) is 17.5 Å². The van der Waals surface area contributed by atoms with Crippen LogP contribution in [-0.2, 0) is 11.2 Å². The molecule has 38 heavy (non-hydrogen) atoms. The number of carbonyl (C=O) groups is 1. The third-order valence-electron chi connectivity index (χ3n) is 8.69. The van der Waals surface area contributed by atoms with E-state index in [0.717, 1.165) is 56.0 Å². The molecular formula is C33H51NO3S. The first-order valence-electron chi connectivity index (χ1n) is 15.4. The number of allylic oxidation sites excluding steroid dienone is 1. The Hall–Kier alpha value is -1.46. The van der Waals surface area contributed by atoms with Crippen LogP contribution in [0.5, 0.6) is 11.5 Å². The number of thioether (sulfide) groups is 1. The van der Waals surface area contributed by atoms with Gasteiger partial charge in [-0.15, -0.1) is 11.8 Å². The molecule has 212 valence electrons. The molecule has 4 nitrogen and oxygen atoms in total. The topological polar surface area (TPSA) is 38.8 Å². The molecule has 0 N–H and O–H groups in total. The molecule has 0 aromatic heterocycles. The number of rotatable bonds is 12. The van der Waals surface area contributed by atoms with Crippen molar-refractivity contribution in [1.82, 2.24) is 4.90 Å². The molecule has 0 aliphatic carbocycles. The highest BCUT2D eigenvalue weighted by Gasteiger charge is 2.42. The van der Waals surface area contributed by atoms with Crippen LogP contribution in [0.4, 0.5) is 0 Å². The molecule has 3 unspecified atom stereocenters. The summed E-state index contributed by atoms with van der Waals surface area (Å²) in [6, 6.07) is 4.38. The predicted molar refractivity (Wildman–Crippen MR) is 161 cm³/mol. The Morgan fingerprint density at radius 3 is 2.63 bits per heavy atom. The van der Waals surface area contributed by atoms with Crippen LogP contribution in [0.15, 0.2) is 17.0 Å². The number of esters is 1. The summed E-state index contributed by atoms with van der Waals surface area (Å²) >= 11 is 1.90. The Kier molecular flexibility index (Phi) is 10.3. The van der Waals surface area contributed by atoms with Crippen LogP contribution >= 0.6 is 11.8 Å². The number of nitrogens with zero attached hydrogens (tertiary/aromatic N) is 1. The van der Waals surface area contributed by atoms with E-state index in [2.05, 4.69) is 51.7 Å². The molecule has 1 aromatic rings. The van der Waals surface area contributed by atoms with Crippen molar-refractivity contribution in [3.05, 3.63) is 28.2 Å². The molecule has 3 heterocycles. The quantitative estimate of drug-likeness (QED) is 0.151. The van der Waals surface area contributed by atoms with Crippen molar-refractivity contribution in [2.45, 2.75) is 111 Å². The fraction of sp³-hybridized carbons (Fsp3) is 0.727.